The zero-order valence-corrected chi connectivity index (χ0v) is 11.2. The van der Waals surface area contributed by atoms with E-state index in [1.54, 1.807) is 0 Å². The molecule has 128 valence electrons. The van der Waals surface area contributed by atoms with Gasteiger partial charge in [-0.15, -0.1) is 0 Å². The largest absolute Gasteiger partial charge is 0.506 e. The van der Waals surface area contributed by atoms with Crippen molar-refractivity contribution in [3.05, 3.63) is 23.8 Å². The van der Waals surface area contributed by atoms with E-state index < -0.39 is 54.1 Å². The van der Waals surface area contributed by atoms with Crippen molar-refractivity contribution < 1.29 is 41.0 Å². The standard InChI is InChI=1S/C12H10F6N2O3/c13-11(14,15)5-19-9(22)4-10(23)20-7-3-6(12(16,17)18)1-2-8(7)21/h1-3,21H,4-5H2,(H,19,22)(H,20,23). The van der Waals surface area contributed by atoms with Crippen LogP contribution in [0.1, 0.15) is 12.0 Å². The third-order valence-electron chi connectivity index (χ3n) is 2.41. The van der Waals surface area contributed by atoms with Crippen LogP contribution in [0.2, 0.25) is 0 Å². The van der Waals surface area contributed by atoms with Gasteiger partial charge in [-0.2, -0.15) is 26.3 Å². The van der Waals surface area contributed by atoms with Gasteiger partial charge in [0, 0.05) is 0 Å². The first-order chi connectivity index (χ1) is 10.4. The Morgan fingerprint density at radius 1 is 1.04 bits per heavy atom. The molecule has 0 fully saturated rings. The van der Waals surface area contributed by atoms with Crippen LogP contribution in [0.3, 0.4) is 0 Å². The van der Waals surface area contributed by atoms with Crippen LogP contribution in [-0.2, 0) is 15.8 Å². The number of phenolic OH excluding ortho intramolecular Hbond substituents is 1. The van der Waals surface area contributed by atoms with Crippen LogP contribution in [0.5, 0.6) is 5.75 Å². The molecule has 0 aromatic heterocycles. The SMILES string of the molecule is O=C(CC(=O)Nc1cc(C(F)(F)F)ccc1O)NCC(F)(F)F. The molecule has 1 aromatic carbocycles. The highest BCUT2D eigenvalue weighted by Gasteiger charge is 2.31. The van der Waals surface area contributed by atoms with Crippen molar-refractivity contribution in [3.63, 3.8) is 0 Å². The summed E-state index contributed by atoms with van der Waals surface area (Å²) < 4.78 is 73.0. The highest BCUT2D eigenvalue weighted by atomic mass is 19.4. The Balaban J connectivity index is 2.69. The number of carbonyl (C=O) groups is 2. The molecule has 0 saturated heterocycles. The predicted octanol–water partition coefficient (Wildman–Crippen LogP) is 2.42. The van der Waals surface area contributed by atoms with Crippen LogP contribution in [-0.4, -0.2) is 29.6 Å². The highest BCUT2D eigenvalue weighted by Crippen LogP contribution is 2.34. The number of hydrogen-bond acceptors (Lipinski definition) is 3. The molecule has 11 heteroatoms. The normalized spacial score (nSPS) is 11.9. The summed E-state index contributed by atoms with van der Waals surface area (Å²) >= 11 is 0. The van der Waals surface area contributed by atoms with Crippen LogP contribution >= 0.6 is 0 Å². The summed E-state index contributed by atoms with van der Waals surface area (Å²) in [7, 11) is 0. The molecule has 0 aliphatic heterocycles. The maximum atomic E-state index is 12.5. The second-order valence-electron chi connectivity index (χ2n) is 4.35. The molecule has 1 aromatic rings. The Hall–Kier alpha value is -2.46. The molecule has 0 heterocycles. The summed E-state index contributed by atoms with van der Waals surface area (Å²) in [5.74, 6) is -3.15. The summed E-state index contributed by atoms with van der Waals surface area (Å²) in [5, 5.41) is 12.6. The number of alkyl halides is 6. The Labute approximate surface area is 125 Å². The number of carbonyl (C=O) groups excluding carboxylic acids is 2. The molecule has 0 unspecified atom stereocenters. The van der Waals surface area contributed by atoms with E-state index in [1.165, 1.54) is 5.32 Å². The third-order valence-corrected chi connectivity index (χ3v) is 2.41. The van der Waals surface area contributed by atoms with Gasteiger partial charge >= 0.3 is 12.4 Å². The number of rotatable bonds is 4. The number of hydrogen-bond donors (Lipinski definition) is 3. The number of benzene rings is 1. The molecule has 23 heavy (non-hydrogen) atoms. The lowest BCUT2D eigenvalue weighted by atomic mass is 10.1. The van der Waals surface area contributed by atoms with Gasteiger partial charge in [-0.3, -0.25) is 9.59 Å². The molecule has 0 spiro atoms. The van der Waals surface area contributed by atoms with Crippen molar-refractivity contribution in [2.45, 2.75) is 18.8 Å². The minimum absolute atomic E-state index is 0.431. The fourth-order valence-electron chi connectivity index (χ4n) is 1.41. The first-order valence-electron chi connectivity index (χ1n) is 5.92. The summed E-state index contributed by atoms with van der Waals surface area (Å²) in [6.07, 6.45) is -10.4. The molecule has 2 amide bonds. The molecule has 0 bridgehead atoms. The van der Waals surface area contributed by atoms with Crippen LogP contribution in [0, 0.1) is 0 Å². The number of phenols is 1. The number of halogens is 6. The zero-order valence-electron chi connectivity index (χ0n) is 11.2. The molecular weight excluding hydrogens is 334 g/mol. The lowest BCUT2D eigenvalue weighted by molar-refractivity contribution is -0.140. The van der Waals surface area contributed by atoms with Gasteiger partial charge in [0.1, 0.15) is 18.7 Å². The van der Waals surface area contributed by atoms with Crippen molar-refractivity contribution >= 4 is 17.5 Å². The van der Waals surface area contributed by atoms with Gasteiger partial charge in [-0.05, 0) is 18.2 Å². The first-order valence-corrected chi connectivity index (χ1v) is 5.92. The van der Waals surface area contributed by atoms with Crippen LogP contribution < -0.4 is 10.6 Å². The molecule has 0 atom stereocenters. The minimum Gasteiger partial charge on any atom is -0.506 e. The van der Waals surface area contributed by atoms with E-state index in [-0.39, 0.29) is 0 Å². The van der Waals surface area contributed by atoms with E-state index in [2.05, 4.69) is 0 Å². The zero-order chi connectivity index (χ0) is 17.8. The first kappa shape index (κ1) is 18.6. The summed E-state index contributed by atoms with van der Waals surface area (Å²) in [6, 6.07) is 1.68. The molecule has 1 rings (SSSR count). The second kappa shape index (κ2) is 6.75. The average Bonchev–Trinajstić information content (AvgIpc) is 2.37. The fraction of sp³-hybridized carbons (Fsp3) is 0.333. The Morgan fingerprint density at radius 3 is 2.17 bits per heavy atom. The lowest BCUT2D eigenvalue weighted by Gasteiger charge is -2.12. The molecular formula is C12H10F6N2O3. The van der Waals surface area contributed by atoms with E-state index in [4.69, 9.17) is 0 Å². The Bertz CT molecular complexity index is 597. The number of amides is 2. The lowest BCUT2D eigenvalue weighted by Crippen LogP contribution is -2.35. The number of nitrogens with one attached hydrogen (secondary N) is 2. The van der Waals surface area contributed by atoms with Gasteiger partial charge in [-0.25, -0.2) is 0 Å². The van der Waals surface area contributed by atoms with Gasteiger partial charge in [-0.1, -0.05) is 0 Å². The van der Waals surface area contributed by atoms with Crippen molar-refractivity contribution in [3.8, 4) is 5.75 Å². The average molecular weight is 344 g/mol. The van der Waals surface area contributed by atoms with Crippen molar-refractivity contribution in [1.82, 2.24) is 5.32 Å². The third kappa shape index (κ3) is 6.45. The number of aromatic hydroxyl groups is 1. The topological polar surface area (TPSA) is 78.4 Å². The molecule has 0 radical (unpaired) electrons. The molecule has 0 saturated carbocycles. The van der Waals surface area contributed by atoms with Gasteiger partial charge in [0.05, 0.1) is 11.3 Å². The molecule has 0 aliphatic carbocycles. The fourth-order valence-corrected chi connectivity index (χ4v) is 1.41. The second-order valence-corrected chi connectivity index (χ2v) is 4.35. The Kier molecular flexibility index (Phi) is 5.46. The van der Waals surface area contributed by atoms with Crippen molar-refractivity contribution in [2.24, 2.45) is 0 Å². The van der Waals surface area contributed by atoms with Crippen LogP contribution in [0.15, 0.2) is 18.2 Å². The molecule has 3 N–H and O–H groups in total. The molecule has 5 nitrogen and oxygen atoms in total. The van der Waals surface area contributed by atoms with Crippen molar-refractivity contribution in [1.29, 1.82) is 0 Å². The number of anilines is 1. The van der Waals surface area contributed by atoms with Gasteiger partial charge in [0.2, 0.25) is 11.8 Å². The maximum absolute atomic E-state index is 12.5. The van der Waals surface area contributed by atoms with Crippen molar-refractivity contribution in [2.75, 3.05) is 11.9 Å². The predicted molar refractivity (Wildman–Crippen MR) is 65.4 cm³/mol. The van der Waals surface area contributed by atoms with E-state index >= 15 is 0 Å². The van der Waals surface area contributed by atoms with E-state index in [0.29, 0.717) is 18.2 Å². The highest BCUT2D eigenvalue weighted by molar-refractivity contribution is 6.04. The van der Waals surface area contributed by atoms with Crippen LogP contribution in [0.4, 0.5) is 32.0 Å². The summed E-state index contributed by atoms with van der Waals surface area (Å²) in [6.45, 7) is -1.64. The molecule has 0 aliphatic rings. The minimum atomic E-state index is -4.72. The van der Waals surface area contributed by atoms with E-state index in [1.807, 2.05) is 5.32 Å². The van der Waals surface area contributed by atoms with Crippen LogP contribution in [0.25, 0.3) is 0 Å². The summed E-state index contributed by atoms with van der Waals surface area (Å²) in [5.41, 5.74) is -1.78. The summed E-state index contributed by atoms with van der Waals surface area (Å²) in [4.78, 5) is 22.5. The van der Waals surface area contributed by atoms with Gasteiger partial charge < -0.3 is 15.7 Å². The van der Waals surface area contributed by atoms with E-state index in [0.717, 1.165) is 0 Å². The van der Waals surface area contributed by atoms with Gasteiger partial charge in [0.15, 0.2) is 0 Å². The monoisotopic (exact) mass is 344 g/mol. The quantitative estimate of drug-likeness (QED) is 0.446. The maximum Gasteiger partial charge on any atom is 0.416 e. The van der Waals surface area contributed by atoms with E-state index in [9.17, 15) is 41.0 Å². The Morgan fingerprint density at radius 2 is 1.65 bits per heavy atom. The smallest absolute Gasteiger partial charge is 0.416 e. The van der Waals surface area contributed by atoms with Gasteiger partial charge in [0.25, 0.3) is 0 Å².